The van der Waals surface area contributed by atoms with Crippen LogP contribution in [-0.2, 0) is 9.47 Å². The van der Waals surface area contributed by atoms with Crippen LogP contribution in [0, 0.1) is 0 Å². The highest BCUT2D eigenvalue weighted by Crippen LogP contribution is 2.25. The zero-order valence-electron chi connectivity index (χ0n) is 10.6. The summed E-state index contributed by atoms with van der Waals surface area (Å²) in [5.74, 6) is -0.494. The van der Waals surface area contributed by atoms with E-state index in [9.17, 15) is 5.11 Å². The van der Waals surface area contributed by atoms with E-state index in [2.05, 4.69) is 6.08 Å². The first-order chi connectivity index (χ1) is 7.53. The van der Waals surface area contributed by atoms with Gasteiger partial charge in [-0.1, -0.05) is 12.2 Å². The summed E-state index contributed by atoms with van der Waals surface area (Å²) >= 11 is 0. The fourth-order valence-corrected chi connectivity index (χ4v) is 1.97. The molecule has 0 saturated carbocycles. The molecule has 0 amide bonds. The lowest BCUT2D eigenvalue weighted by Gasteiger charge is -2.36. The van der Waals surface area contributed by atoms with Crippen molar-refractivity contribution in [3.8, 4) is 0 Å². The molecule has 1 rings (SSSR count). The van der Waals surface area contributed by atoms with E-state index < -0.39 is 5.79 Å². The molecule has 3 nitrogen and oxygen atoms in total. The van der Waals surface area contributed by atoms with Gasteiger partial charge in [-0.05, 0) is 46.5 Å². The SMILES string of the molecule is C/C=C/CC[C@@H](O)C[C@@H]1CCOC(C)(C)O1. The lowest BCUT2D eigenvalue weighted by atomic mass is 10.0. The van der Waals surface area contributed by atoms with Crippen molar-refractivity contribution in [1.29, 1.82) is 0 Å². The van der Waals surface area contributed by atoms with Crippen molar-refractivity contribution < 1.29 is 14.6 Å². The topological polar surface area (TPSA) is 38.7 Å². The molecule has 2 atom stereocenters. The first-order valence-electron chi connectivity index (χ1n) is 6.14. The molecule has 1 fully saturated rings. The molecule has 1 aliphatic rings. The van der Waals surface area contributed by atoms with Crippen LogP contribution in [0.4, 0.5) is 0 Å². The maximum atomic E-state index is 9.84. The van der Waals surface area contributed by atoms with Gasteiger partial charge in [-0.3, -0.25) is 0 Å². The summed E-state index contributed by atoms with van der Waals surface area (Å²) < 4.78 is 11.2. The van der Waals surface area contributed by atoms with Crippen LogP contribution in [0.5, 0.6) is 0 Å². The molecular formula is C13H24O3. The average molecular weight is 228 g/mol. The molecular weight excluding hydrogens is 204 g/mol. The Kier molecular flexibility index (Phi) is 5.46. The monoisotopic (exact) mass is 228 g/mol. The van der Waals surface area contributed by atoms with Crippen LogP contribution in [0.15, 0.2) is 12.2 Å². The molecule has 0 spiro atoms. The third-order valence-corrected chi connectivity index (χ3v) is 2.78. The van der Waals surface area contributed by atoms with E-state index in [4.69, 9.17) is 9.47 Å². The maximum Gasteiger partial charge on any atom is 0.163 e. The molecule has 0 aromatic carbocycles. The van der Waals surface area contributed by atoms with Crippen LogP contribution in [0.3, 0.4) is 0 Å². The van der Waals surface area contributed by atoms with E-state index in [1.54, 1.807) is 0 Å². The average Bonchev–Trinajstić information content (AvgIpc) is 2.16. The molecule has 94 valence electrons. The Morgan fingerprint density at radius 2 is 2.25 bits per heavy atom. The third-order valence-electron chi connectivity index (χ3n) is 2.78. The highest BCUT2D eigenvalue weighted by Gasteiger charge is 2.30. The molecule has 3 heteroatoms. The van der Waals surface area contributed by atoms with Crippen molar-refractivity contribution in [2.45, 2.75) is 64.4 Å². The van der Waals surface area contributed by atoms with Gasteiger partial charge in [0.05, 0.1) is 18.8 Å². The van der Waals surface area contributed by atoms with Gasteiger partial charge < -0.3 is 14.6 Å². The summed E-state index contributed by atoms with van der Waals surface area (Å²) in [6.45, 7) is 6.56. The first kappa shape index (κ1) is 13.7. The Hall–Kier alpha value is -0.380. The molecule has 1 aliphatic heterocycles. The first-order valence-corrected chi connectivity index (χ1v) is 6.14. The summed E-state index contributed by atoms with van der Waals surface area (Å²) in [6.07, 6.45) is 7.29. The van der Waals surface area contributed by atoms with Crippen molar-refractivity contribution in [1.82, 2.24) is 0 Å². The fourth-order valence-electron chi connectivity index (χ4n) is 1.97. The Bertz CT molecular complexity index is 223. The molecule has 0 radical (unpaired) electrons. The van der Waals surface area contributed by atoms with Crippen molar-refractivity contribution in [2.75, 3.05) is 6.61 Å². The predicted octanol–water partition coefficient (Wildman–Crippen LogP) is 2.64. The van der Waals surface area contributed by atoms with Gasteiger partial charge in [0.1, 0.15) is 0 Å². The van der Waals surface area contributed by atoms with E-state index in [1.165, 1.54) is 0 Å². The summed E-state index contributed by atoms with van der Waals surface area (Å²) in [6, 6.07) is 0. The van der Waals surface area contributed by atoms with Gasteiger partial charge >= 0.3 is 0 Å². The summed E-state index contributed by atoms with van der Waals surface area (Å²) in [5, 5.41) is 9.84. The molecule has 0 bridgehead atoms. The van der Waals surface area contributed by atoms with Crippen LogP contribution < -0.4 is 0 Å². The van der Waals surface area contributed by atoms with Crippen LogP contribution >= 0.6 is 0 Å². The Morgan fingerprint density at radius 3 is 2.88 bits per heavy atom. The van der Waals surface area contributed by atoms with Gasteiger partial charge in [-0.15, -0.1) is 0 Å². The highest BCUT2D eigenvalue weighted by molar-refractivity contribution is 4.79. The molecule has 0 aliphatic carbocycles. The third kappa shape index (κ3) is 5.10. The maximum absolute atomic E-state index is 9.84. The van der Waals surface area contributed by atoms with Crippen LogP contribution in [-0.4, -0.2) is 29.7 Å². The van der Waals surface area contributed by atoms with Gasteiger partial charge in [0, 0.05) is 0 Å². The molecule has 0 unspecified atom stereocenters. The summed E-state index contributed by atoms with van der Waals surface area (Å²) in [7, 11) is 0. The van der Waals surface area contributed by atoms with Gasteiger partial charge in [0.15, 0.2) is 5.79 Å². The van der Waals surface area contributed by atoms with Crippen molar-refractivity contribution in [2.24, 2.45) is 0 Å². The minimum absolute atomic E-state index is 0.129. The number of hydrogen-bond donors (Lipinski definition) is 1. The normalized spacial score (nSPS) is 27.1. The number of aliphatic hydroxyl groups excluding tert-OH is 1. The summed E-state index contributed by atoms with van der Waals surface area (Å²) in [4.78, 5) is 0. The van der Waals surface area contributed by atoms with E-state index >= 15 is 0 Å². The van der Waals surface area contributed by atoms with Crippen LogP contribution in [0.2, 0.25) is 0 Å². The molecule has 0 aromatic heterocycles. The van der Waals surface area contributed by atoms with Crippen molar-refractivity contribution in [3.05, 3.63) is 12.2 Å². The van der Waals surface area contributed by atoms with Crippen molar-refractivity contribution in [3.63, 3.8) is 0 Å². The van der Waals surface area contributed by atoms with Crippen LogP contribution in [0.25, 0.3) is 0 Å². The Morgan fingerprint density at radius 1 is 1.50 bits per heavy atom. The predicted molar refractivity (Wildman–Crippen MR) is 64.2 cm³/mol. The van der Waals surface area contributed by atoms with Gasteiger partial charge in [-0.25, -0.2) is 0 Å². The van der Waals surface area contributed by atoms with Gasteiger partial charge in [0.25, 0.3) is 0 Å². The number of aliphatic hydroxyl groups is 1. The van der Waals surface area contributed by atoms with Crippen molar-refractivity contribution >= 4 is 0 Å². The van der Waals surface area contributed by atoms with E-state index in [1.807, 2.05) is 26.8 Å². The second kappa shape index (κ2) is 6.38. The second-order valence-corrected chi connectivity index (χ2v) is 4.81. The van der Waals surface area contributed by atoms with Crippen LogP contribution in [0.1, 0.15) is 46.5 Å². The quantitative estimate of drug-likeness (QED) is 0.735. The number of hydrogen-bond acceptors (Lipinski definition) is 3. The summed E-state index contributed by atoms with van der Waals surface area (Å²) in [5.41, 5.74) is 0. The highest BCUT2D eigenvalue weighted by atomic mass is 16.7. The molecule has 1 saturated heterocycles. The lowest BCUT2D eigenvalue weighted by molar-refractivity contribution is -0.276. The molecule has 16 heavy (non-hydrogen) atoms. The molecule has 0 aromatic rings. The Balaban J connectivity index is 2.25. The van der Waals surface area contributed by atoms with Gasteiger partial charge in [0.2, 0.25) is 0 Å². The van der Waals surface area contributed by atoms with E-state index in [-0.39, 0.29) is 12.2 Å². The smallest absolute Gasteiger partial charge is 0.163 e. The zero-order chi connectivity index (χ0) is 12.0. The molecule has 1 heterocycles. The standard InChI is InChI=1S/C13H24O3/c1-4-5-6-7-11(14)10-12-8-9-15-13(2,3)16-12/h4-5,11-12,14H,6-10H2,1-3H3/b5-4+/t11-,12+/m1/s1. The minimum Gasteiger partial charge on any atom is -0.393 e. The largest absolute Gasteiger partial charge is 0.393 e. The fraction of sp³-hybridized carbons (Fsp3) is 0.846. The van der Waals surface area contributed by atoms with E-state index in [0.29, 0.717) is 6.42 Å². The number of ether oxygens (including phenoxy) is 2. The number of rotatable bonds is 5. The lowest BCUT2D eigenvalue weighted by Crippen LogP contribution is -2.41. The van der Waals surface area contributed by atoms with Gasteiger partial charge in [-0.2, -0.15) is 0 Å². The number of allylic oxidation sites excluding steroid dienone is 2. The zero-order valence-corrected chi connectivity index (χ0v) is 10.6. The minimum atomic E-state index is -0.494. The Labute approximate surface area is 98.4 Å². The molecule has 1 N–H and O–H groups in total. The van der Waals surface area contributed by atoms with E-state index in [0.717, 1.165) is 25.9 Å². The second-order valence-electron chi connectivity index (χ2n) is 4.81.